The van der Waals surface area contributed by atoms with Gasteiger partial charge in [0.2, 0.25) is 5.91 Å². The van der Waals surface area contributed by atoms with Crippen LogP contribution in [0.25, 0.3) is 0 Å². The molecular weight excluding hydrogens is 306 g/mol. The molecule has 0 spiro atoms. The molecule has 0 radical (unpaired) electrons. The number of thiocarbonyl (C=S) groups is 1. The normalized spacial score (nSPS) is 20.9. The van der Waals surface area contributed by atoms with Gasteiger partial charge in [-0.05, 0) is 63.7 Å². The quantitative estimate of drug-likeness (QED) is 0.838. The van der Waals surface area contributed by atoms with E-state index in [1.165, 1.54) is 0 Å². The van der Waals surface area contributed by atoms with Crippen LogP contribution in [-0.2, 0) is 4.79 Å². The first-order valence-electron chi connectivity index (χ1n) is 6.91. The second-order valence-electron chi connectivity index (χ2n) is 6.05. The van der Waals surface area contributed by atoms with Gasteiger partial charge < -0.3 is 15.5 Å². The van der Waals surface area contributed by atoms with Gasteiger partial charge in [0.1, 0.15) is 0 Å². The van der Waals surface area contributed by atoms with E-state index in [0.29, 0.717) is 10.1 Å². The molecule has 0 bridgehead atoms. The second-order valence-corrected chi connectivity index (χ2v) is 6.87. The summed E-state index contributed by atoms with van der Waals surface area (Å²) in [6.45, 7) is 6.55. The first-order valence-corrected chi connectivity index (χ1v) is 7.70. The Balaban J connectivity index is 1.96. The molecule has 2 N–H and O–H groups in total. The fourth-order valence-electron chi connectivity index (χ4n) is 2.58. The zero-order valence-electron chi connectivity index (χ0n) is 12.4. The third-order valence-electron chi connectivity index (χ3n) is 3.49. The van der Waals surface area contributed by atoms with Crippen molar-refractivity contribution < 1.29 is 4.79 Å². The van der Waals surface area contributed by atoms with Crippen LogP contribution in [-0.4, -0.2) is 34.0 Å². The summed E-state index contributed by atoms with van der Waals surface area (Å²) in [6, 6.07) is 7.27. The van der Waals surface area contributed by atoms with E-state index in [1.807, 2.05) is 4.90 Å². The lowest BCUT2D eigenvalue weighted by Crippen LogP contribution is -2.61. The van der Waals surface area contributed by atoms with Crippen molar-refractivity contribution in [2.24, 2.45) is 0 Å². The highest BCUT2D eigenvalue weighted by Crippen LogP contribution is 2.22. The van der Waals surface area contributed by atoms with Gasteiger partial charge in [0.05, 0.1) is 6.54 Å². The fraction of sp³-hybridized carbons (Fsp3) is 0.467. The van der Waals surface area contributed by atoms with Crippen LogP contribution in [0.2, 0.25) is 5.02 Å². The predicted molar refractivity (Wildman–Crippen MR) is 90.7 cm³/mol. The Hall–Kier alpha value is -1.33. The standard InChI is InChI=1S/C15H20ClN3OS/c1-10-8-15(2,3)18-14(21)19(10)9-13(20)17-12-6-4-11(16)5-7-12/h4-7,10H,8-9H2,1-3H3,(H,17,20)(H,18,21)/t10-/m1/s1. The number of carbonyl (C=O) groups excluding carboxylic acids is 1. The Kier molecular flexibility index (Phi) is 4.74. The number of amides is 1. The topological polar surface area (TPSA) is 44.4 Å². The molecule has 0 saturated carbocycles. The van der Waals surface area contributed by atoms with Crippen LogP contribution in [0.4, 0.5) is 5.69 Å². The number of halogens is 1. The Morgan fingerprint density at radius 2 is 2.10 bits per heavy atom. The Bertz CT molecular complexity index is 544. The van der Waals surface area contributed by atoms with E-state index in [-0.39, 0.29) is 24.0 Å². The smallest absolute Gasteiger partial charge is 0.243 e. The average molecular weight is 326 g/mol. The molecule has 1 aliphatic rings. The van der Waals surface area contributed by atoms with Gasteiger partial charge in [0.15, 0.2) is 5.11 Å². The van der Waals surface area contributed by atoms with Crippen LogP contribution >= 0.6 is 23.8 Å². The van der Waals surface area contributed by atoms with E-state index in [0.717, 1.165) is 12.1 Å². The van der Waals surface area contributed by atoms with Crippen LogP contribution in [0.15, 0.2) is 24.3 Å². The molecule has 1 aliphatic heterocycles. The first kappa shape index (κ1) is 16.0. The van der Waals surface area contributed by atoms with Crippen molar-refractivity contribution >= 4 is 40.5 Å². The lowest BCUT2D eigenvalue weighted by molar-refractivity contribution is -0.117. The summed E-state index contributed by atoms with van der Waals surface area (Å²) in [6.07, 6.45) is 0.932. The summed E-state index contributed by atoms with van der Waals surface area (Å²) in [5, 5.41) is 7.40. The zero-order chi connectivity index (χ0) is 15.6. The van der Waals surface area contributed by atoms with Crippen LogP contribution in [0.5, 0.6) is 0 Å². The molecule has 21 heavy (non-hydrogen) atoms. The molecule has 1 atom stereocenters. The van der Waals surface area contributed by atoms with Gasteiger partial charge in [0.25, 0.3) is 0 Å². The number of carbonyl (C=O) groups is 1. The van der Waals surface area contributed by atoms with Gasteiger partial charge in [-0.25, -0.2) is 0 Å². The number of hydrogen-bond acceptors (Lipinski definition) is 2. The van der Waals surface area contributed by atoms with Crippen molar-refractivity contribution in [3.05, 3.63) is 29.3 Å². The van der Waals surface area contributed by atoms with Gasteiger partial charge in [0, 0.05) is 22.3 Å². The lowest BCUT2D eigenvalue weighted by atomic mass is 9.93. The zero-order valence-corrected chi connectivity index (χ0v) is 14.0. The van der Waals surface area contributed by atoms with Crippen molar-refractivity contribution in [1.82, 2.24) is 10.2 Å². The molecule has 2 rings (SSSR count). The van der Waals surface area contributed by atoms with Gasteiger partial charge in [-0.15, -0.1) is 0 Å². The summed E-state index contributed by atoms with van der Waals surface area (Å²) in [5.74, 6) is -0.0898. The molecule has 114 valence electrons. The minimum absolute atomic E-state index is 0.0281. The predicted octanol–water partition coefficient (Wildman–Crippen LogP) is 3.03. The summed E-state index contributed by atoms with van der Waals surface area (Å²) < 4.78 is 0. The van der Waals surface area contributed by atoms with E-state index < -0.39 is 0 Å². The number of hydrogen-bond donors (Lipinski definition) is 2. The Morgan fingerprint density at radius 3 is 2.67 bits per heavy atom. The Labute approximate surface area is 135 Å². The van der Waals surface area contributed by atoms with E-state index in [9.17, 15) is 4.79 Å². The van der Waals surface area contributed by atoms with Gasteiger partial charge >= 0.3 is 0 Å². The third kappa shape index (κ3) is 4.32. The molecule has 1 heterocycles. The highest BCUT2D eigenvalue weighted by molar-refractivity contribution is 7.80. The van der Waals surface area contributed by atoms with Crippen LogP contribution in [0.3, 0.4) is 0 Å². The minimum Gasteiger partial charge on any atom is -0.358 e. The van der Waals surface area contributed by atoms with Crippen LogP contribution in [0.1, 0.15) is 27.2 Å². The van der Waals surface area contributed by atoms with E-state index in [2.05, 4.69) is 31.4 Å². The molecule has 1 saturated heterocycles. The number of nitrogens with zero attached hydrogens (tertiary/aromatic N) is 1. The van der Waals surface area contributed by atoms with E-state index in [1.54, 1.807) is 24.3 Å². The Morgan fingerprint density at radius 1 is 1.48 bits per heavy atom. The fourth-order valence-corrected chi connectivity index (χ4v) is 3.22. The molecule has 0 unspecified atom stereocenters. The third-order valence-corrected chi connectivity index (χ3v) is 4.07. The van der Waals surface area contributed by atoms with Gasteiger partial charge in [-0.2, -0.15) is 0 Å². The molecule has 1 aromatic carbocycles. The molecule has 0 aliphatic carbocycles. The van der Waals surface area contributed by atoms with Crippen molar-refractivity contribution in [2.45, 2.75) is 38.8 Å². The highest BCUT2D eigenvalue weighted by Gasteiger charge is 2.33. The summed E-state index contributed by atoms with van der Waals surface area (Å²) in [7, 11) is 0. The van der Waals surface area contributed by atoms with Crippen molar-refractivity contribution in [3.63, 3.8) is 0 Å². The molecule has 0 aromatic heterocycles. The summed E-state index contributed by atoms with van der Waals surface area (Å²) in [4.78, 5) is 14.1. The van der Waals surface area contributed by atoms with Crippen LogP contribution < -0.4 is 10.6 Å². The molecule has 1 fully saturated rings. The summed E-state index contributed by atoms with van der Waals surface area (Å²) in [5.41, 5.74) is 0.702. The van der Waals surface area contributed by atoms with E-state index in [4.69, 9.17) is 23.8 Å². The molecule has 1 amide bonds. The second kappa shape index (κ2) is 6.20. The maximum Gasteiger partial charge on any atom is 0.243 e. The first-order chi connectivity index (χ1) is 9.77. The van der Waals surface area contributed by atoms with Crippen LogP contribution in [0, 0.1) is 0 Å². The van der Waals surface area contributed by atoms with Crippen molar-refractivity contribution in [1.29, 1.82) is 0 Å². The highest BCUT2D eigenvalue weighted by atomic mass is 35.5. The SMILES string of the molecule is C[C@@H]1CC(C)(C)NC(=S)N1CC(=O)Nc1ccc(Cl)cc1. The summed E-state index contributed by atoms with van der Waals surface area (Å²) >= 11 is 11.2. The van der Waals surface area contributed by atoms with Gasteiger partial charge in [-0.1, -0.05) is 11.6 Å². The minimum atomic E-state index is -0.0898. The number of anilines is 1. The molecule has 1 aromatic rings. The number of rotatable bonds is 3. The molecule has 4 nitrogen and oxygen atoms in total. The van der Waals surface area contributed by atoms with E-state index >= 15 is 0 Å². The monoisotopic (exact) mass is 325 g/mol. The molecule has 6 heteroatoms. The number of benzene rings is 1. The largest absolute Gasteiger partial charge is 0.358 e. The maximum atomic E-state index is 12.1. The van der Waals surface area contributed by atoms with Gasteiger partial charge in [-0.3, -0.25) is 4.79 Å². The van der Waals surface area contributed by atoms with Crippen molar-refractivity contribution in [3.8, 4) is 0 Å². The van der Waals surface area contributed by atoms with Crippen molar-refractivity contribution in [2.75, 3.05) is 11.9 Å². The molecular formula is C15H20ClN3OS. The number of nitrogens with one attached hydrogen (secondary N) is 2. The maximum absolute atomic E-state index is 12.1. The lowest BCUT2D eigenvalue weighted by Gasteiger charge is -2.44. The average Bonchev–Trinajstić information content (AvgIpc) is 2.36.